The largest absolute Gasteiger partial charge is 0.469 e. The van der Waals surface area contributed by atoms with Gasteiger partial charge in [0.2, 0.25) is 5.91 Å². The summed E-state index contributed by atoms with van der Waals surface area (Å²) >= 11 is 1.15. The molecule has 31 heavy (non-hydrogen) atoms. The van der Waals surface area contributed by atoms with E-state index in [4.69, 9.17) is 4.74 Å². The van der Waals surface area contributed by atoms with Gasteiger partial charge in [-0.15, -0.1) is 11.3 Å². The lowest BCUT2D eigenvalue weighted by molar-refractivity contribution is -0.141. The van der Waals surface area contributed by atoms with E-state index in [0.29, 0.717) is 24.5 Å². The zero-order chi connectivity index (χ0) is 22.3. The monoisotopic (exact) mass is 464 g/mol. The van der Waals surface area contributed by atoms with Crippen molar-refractivity contribution in [1.29, 1.82) is 0 Å². The fraction of sp³-hybridized carbons (Fsp3) is 0.455. The molecule has 2 aromatic rings. The number of benzene rings is 1. The first-order chi connectivity index (χ1) is 14.9. The van der Waals surface area contributed by atoms with E-state index in [1.54, 1.807) is 17.0 Å². The van der Waals surface area contributed by atoms with Crippen LogP contribution < -0.4 is 0 Å². The molecule has 0 atom stereocenters. The summed E-state index contributed by atoms with van der Waals surface area (Å²) in [4.78, 5) is 26.9. The van der Waals surface area contributed by atoms with E-state index in [1.807, 2.05) is 30.3 Å². The highest BCUT2D eigenvalue weighted by Gasteiger charge is 2.28. The van der Waals surface area contributed by atoms with Crippen LogP contribution in [0, 0.1) is 0 Å². The van der Waals surface area contributed by atoms with Gasteiger partial charge in [0, 0.05) is 31.1 Å². The van der Waals surface area contributed by atoms with Gasteiger partial charge in [-0.25, -0.2) is 8.42 Å². The van der Waals surface area contributed by atoms with Crippen molar-refractivity contribution in [1.82, 2.24) is 9.21 Å². The van der Waals surface area contributed by atoms with Crippen LogP contribution in [0.2, 0.25) is 0 Å². The summed E-state index contributed by atoms with van der Waals surface area (Å²) in [6, 6.07) is 12.8. The zero-order valence-electron chi connectivity index (χ0n) is 17.7. The van der Waals surface area contributed by atoms with Crippen molar-refractivity contribution in [2.75, 3.05) is 26.7 Å². The number of rotatable bonds is 9. The predicted octanol–water partition coefficient (Wildman–Crippen LogP) is 3.06. The van der Waals surface area contributed by atoms with Gasteiger partial charge in [0.25, 0.3) is 10.0 Å². The number of piperidine rings is 1. The molecule has 0 saturated carbocycles. The maximum absolute atomic E-state index is 13.0. The lowest BCUT2D eigenvalue weighted by Gasteiger charge is -2.25. The molecule has 1 fully saturated rings. The SMILES string of the molecule is COC(=O)CCN(Cc1ccccc1)C(=O)Cc1ccc(S(=O)(=O)N2CCCCC2)s1. The maximum Gasteiger partial charge on any atom is 0.307 e. The van der Waals surface area contributed by atoms with Crippen LogP contribution in [-0.2, 0) is 37.3 Å². The number of ether oxygens (including phenoxy) is 1. The first-order valence-electron chi connectivity index (χ1n) is 10.4. The van der Waals surface area contributed by atoms with Gasteiger partial charge in [0.1, 0.15) is 4.21 Å². The van der Waals surface area contributed by atoms with Gasteiger partial charge >= 0.3 is 5.97 Å². The third-order valence-corrected chi connectivity index (χ3v) is 8.71. The number of carbonyl (C=O) groups is 2. The van der Waals surface area contributed by atoms with Gasteiger partial charge in [0.15, 0.2) is 0 Å². The van der Waals surface area contributed by atoms with E-state index in [1.165, 1.54) is 11.4 Å². The third-order valence-electron chi connectivity index (χ3n) is 5.25. The molecule has 0 spiro atoms. The summed E-state index contributed by atoms with van der Waals surface area (Å²) in [5.74, 6) is -0.534. The molecule has 1 aromatic heterocycles. The van der Waals surface area contributed by atoms with Gasteiger partial charge in [-0.1, -0.05) is 36.8 Å². The van der Waals surface area contributed by atoms with Crippen molar-refractivity contribution in [2.24, 2.45) is 0 Å². The second-order valence-electron chi connectivity index (χ2n) is 7.49. The minimum atomic E-state index is -3.50. The van der Waals surface area contributed by atoms with E-state index in [0.717, 1.165) is 36.2 Å². The average molecular weight is 465 g/mol. The number of carbonyl (C=O) groups excluding carboxylic acids is 2. The van der Waals surface area contributed by atoms with Crippen molar-refractivity contribution in [2.45, 2.75) is 42.9 Å². The standard InChI is InChI=1S/C22H28N2O5S2/c1-29-21(26)12-15-23(17-18-8-4-2-5-9-18)20(25)16-19-10-11-22(30-19)31(27,28)24-13-6-3-7-14-24/h2,4-5,8-11H,3,6-7,12-17H2,1H3. The lowest BCUT2D eigenvalue weighted by Crippen LogP contribution is -2.35. The Morgan fingerprint density at radius 1 is 1.06 bits per heavy atom. The minimum Gasteiger partial charge on any atom is -0.469 e. The molecule has 168 valence electrons. The molecule has 3 rings (SSSR count). The molecule has 0 unspecified atom stereocenters. The topological polar surface area (TPSA) is 84.0 Å². The Morgan fingerprint density at radius 2 is 1.77 bits per heavy atom. The van der Waals surface area contributed by atoms with Crippen LogP contribution >= 0.6 is 11.3 Å². The van der Waals surface area contributed by atoms with Gasteiger partial charge < -0.3 is 9.64 Å². The highest BCUT2D eigenvalue weighted by Crippen LogP contribution is 2.27. The molecule has 0 radical (unpaired) electrons. The van der Waals surface area contributed by atoms with Crippen LogP contribution in [0.15, 0.2) is 46.7 Å². The van der Waals surface area contributed by atoms with E-state index in [2.05, 4.69) is 0 Å². The Morgan fingerprint density at radius 3 is 2.45 bits per heavy atom. The molecule has 7 nitrogen and oxygen atoms in total. The number of methoxy groups -OCH3 is 1. The summed E-state index contributed by atoms with van der Waals surface area (Å²) in [7, 11) is -2.18. The Kier molecular flexibility index (Phi) is 8.22. The van der Waals surface area contributed by atoms with Crippen molar-refractivity contribution in [3.8, 4) is 0 Å². The van der Waals surface area contributed by atoms with Gasteiger partial charge in [-0.05, 0) is 30.5 Å². The van der Waals surface area contributed by atoms with Crippen molar-refractivity contribution >= 4 is 33.2 Å². The summed E-state index contributed by atoms with van der Waals surface area (Å²) < 4.78 is 32.2. The number of esters is 1. The quantitative estimate of drug-likeness (QED) is 0.533. The third kappa shape index (κ3) is 6.38. The smallest absolute Gasteiger partial charge is 0.307 e. The van der Waals surface area contributed by atoms with E-state index in [9.17, 15) is 18.0 Å². The summed E-state index contributed by atoms with van der Waals surface area (Å²) in [6.45, 7) is 1.71. The highest BCUT2D eigenvalue weighted by atomic mass is 32.2. The molecule has 0 aliphatic carbocycles. The normalized spacial score (nSPS) is 14.9. The molecule has 1 saturated heterocycles. The number of amides is 1. The van der Waals surface area contributed by atoms with Crippen molar-refractivity contribution < 1.29 is 22.7 Å². The zero-order valence-corrected chi connectivity index (χ0v) is 19.3. The van der Waals surface area contributed by atoms with E-state index in [-0.39, 0.29) is 35.5 Å². The Labute approximate surface area is 187 Å². The molecule has 1 aliphatic heterocycles. The maximum atomic E-state index is 13.0. The van der Waals surface area contributed by atoms with Crippen LogP contribution in [0.5, 0.6) is 0 Å². The van der Waals surface area contributed by atoms with Gasteiger partial charge in [-0.3, -0.25) is 9.59 Å². The van der Waals surface area contributed by atoms with Crippen LogP contribution in [0.3, 0.4) is 0 Å². The van der Waals surface area contributed by atoms with E-state index < -0.39 is 10.0 Å². The predicted molar refractivity (Wildman–Crippen MR) is 119 cm³/mol. The Hall–Kier alpha value is -2.23. The summed E-state index contributed by atoms with van der Waals surface area (Å²) in [5, 5.41) is 0. The Bertz CT molecular complexity index is 982. The van der Waals surface area contributed by atoms with Crippen molar-refractivity contribution in [3.63, 3.8) is 0 Å². The number of hydrogen-bond acceptors (Lipinski definition) is 6. The molecule has 0 N–H and O–H groups in total. The van der Waals surface area contributed by atoms with Crippen LogP contribution in [0.4, 0.5) is 0 Å². The molecule has 1 aromatic carbocycles. The molecular weight excluding hydrogens is 436 g/mol. The number of nitrogens with zero attached hydrogens (tertiary/aromatic N) is 2. The van der Waals surface area contributed by atoms with Crippen molar-refractivity contribution in [3.05, 3.63) is 52.9 Å². The fourth-order valence-corrected chi connectivity index (χ4v) is 6.53. The van der Waals surface area contributed by atoms with Gasteiger partial charge in [-0.2, -0.15) is 4.31 Å². The summed E-state index contributed by atoms with van der Waals surface area (Å²) in [6.07, 6.45) is 3.01. The summed E-state index contributed by atoms with van der Waals surface area (Å²) in [5.41, 5.74) is 0.959. The number of hydrogen-bond donors (Lipinski definition) is 0. The minimum absolute atomic E-state index is 0.0915. The first-order valence-corrected chi connectivity index (χ1v) is 12.6. The lowest BCUT2D eigenvalue weighted by atomic mass is 10.2. The molecule has 1 amide bonds. The molecule has 1 aliphatic rings. The fourth-order valence-electron chi connectivity index (χ4n) is 3.51. The molecule has 0 bridgehead atoms. The second-order valence-corrected chi connectivity index (χ2v) is 10.8. The first kappa shape index (κ1) is 23.4. The number of sulfonamides is 1. The average Bonchev–Trinajstić information content (AvgIpc) is 3.27. The van der Waals surface area contributed by atoms with Gasteiger partial charge in [0.05, 0.1) is 20.0 Å². The molecule has 9 heteroatoms. The second kappa shape index (κ2) is 10.9. The van der Waals surface area contributed by atoms with Crippen LogP contribution in [-0.4, -0.2) is 56.2 Å². The van der Waals surface area contributed by atoms with Crippen LogP contribution in [0.1, 0.15) is 36.1 Å². The van der Waals surface area contributed by atoms with E-state index >= 15 is 0 Å². The highest BCUT2D eigenvalue weighted by molar-refractivity contribution is 7.91. The number of thiophene rings is 1. The molecule has 2 heterocycles. The van der Waals surface area contributed by atoms with Crippen LogP contribution in [0.25, 0.3) is 0 Å². The molecular formula is C22H28N2O5S2. The Balaban J connectivity index is 1.69.